The normalized spacial score (nSPS) is 12.4. The minimum Gasteiger partial charge on any atom is -0.525 e. The van der Waals surface area contributed by atoms with Gasteiger partial charge in [0.2, 0.25) is 0 Å². The molecule has 0 N–H and O–H groups in total. The van der Waals surface area contributed by atoms with Crippen LogP contribution in [0, 0.1) is 0 Å². The quantitative estimate of drug-likeness (QED) is 0.554. The fourth-order valence-electron chi connectivity index (χ4n) is 1.61. The molecule has 0 aliphatic carbocycles. The molecule has 0 aromatic rings. The van der Waals surface area contributed by atoms with Crippen molar-refractivity contribution in [2.45, 2.75) is 33.2 Å². The third-order valence-corrected chi connectivity index (χ3v) is 5.33. The Morgan fingerprint density at radius 3 is 1.62 bits per heavy atom. The van der Waals surface area contributed by atoms with Gasteiger partial charge in [-0.2, -0.15) is 0 Å². The number of rotatable bonds is 10. The van der Waals surface area contributed by atoms with E-state index in [1.54, 1.807) is 0 Å². The molecule has 0 saturated heterocycles. The molecular weight excluding hydrogens is 222 g/mol. The SMILES string of the molecule is CCO[Si-](CCCN(C)C)(OCC)OCC. The maximum Gasteiger partial charge on any atom is 0.281 e. The summed E-state index contributed by atoms with van der Waals surface area (Å²) in [6, 6.07) is 0.903. The van der Waals surface area contributed by atoms with E-state index in [4.69, 9.17) is 13.3 Å². The van der Waals surface area contributed by atoms with E-state index >= 15 is 0 Å². The fraction of sp³-hybridized carbons (Fsp3) is 1.00. The molecule has 0 unspecified atom stereocenters. The molecule has 99 valence electrons. The molecule has 0 aromatic carbocycles. The van der Waals surface area contributed by atoms with Crippen LogP contribution in [0.5, 0.6) is 0 Å². The topological polar surface area (TPSA) is 30.9 Å². The van der Waals surface area contributed by atoms with Crippen molar-refractivity contribution in [1.82, 2.24) is 4.90 Å². The van der Waals surface area contributed by atoms with Crippen LogP contribution in [0.25, 0.3) is 0 Å². The number of hydrogen-bond acceptors (Lipinski definition) is 4. The zero-order valence-electron chi connectivity index (χ0n) is 11.4. The van der Waals surface area contributed by atoms with E-state index in [-0.39, 0.29) is 0 Å². The van der Waals surface area contributed by atoms with E-state index in [0.717, 1.165) is 19.0 Å². The molecule has 16 heavy (non-hydrogen) atoms. The standard InChI is InChI=1S/C11H27NO3Si/c1-6-13-16(14-7-2,15-8-3)11-9-10-12(4)5/h6-11H2,1-5H3/q-1. The molecule has 0 radical (unpaired) electrons. The first-order valence-corrected chi connectivity index (χ1v) is 8.10. The second kappa shape index (κ2) is 9.12. The average Bonchev–Trinajstić information content (AvgIpc) is 2.18. The first-order chi connectivity index (χ1) is 7.60. The third kappa shape index (κ3) is 6.60. The zero-order valence-corrected chi connectivity index (χ0v) is 12.4. The van der Waals surface area contributed by atoms with Gasteiger partial charge in [-0.1, -0.05) is 12.5 Å². The molecule has 0 fully saturated rings. The first kappa shape index (κ1) is 16.1. The largest absolute Gasteiger partial charge is 0.525 e. The molecule has 5 heteroatoms. The lowest BCUT2D eigenvalue weighted by molar-refractivity contribution is 0.0703. The van der Waals surface area contributed by atoms with Crippen molar-refractivity contribution >= 4 is 8.80 Å². The van der Waals surface area contributed by atoms with Crippen molar-refractivity contribution in [2.75, 3.05) is 40.5 Å². The van der Waals surface area contributed by atoms with Crippen LogP contribution in [0.1, 0.15) is 27.2 Å². The second-order valence-corrected chi connectivity index (χ2v) is 6.62. The maximum absolute atomic E-state index is 5.77. The highest BCUT2D eigenvalue weighted by atomic mass is 28.4. The zero-order chi connectivity index (χ0) is 12.4. The summed E-state index contributed by atoms with van der Waals surface area (Å²) in [5, 5.41) is 0. The van der Waals surface area contributed by atoms with E-state index in [9.17, 15) is 0 Å². The van der Waals surface area contributed by atoms with Crippen LogP contribution in [-0.4, -0.2) is 54.2 Å². The van der Waals surface area contributed by atoms with Crippen molar-refractivity contribution < 1.29 is 13.3 Å². The van der Waals surface area contributed by atoms with Gasteiger partial charge in [0.1, 0.15) is 0 Å². The van der Waals surface area contributed by atoms with Gasteiger partial charge in [-0.05, 0) is 41.4 Å². The molecule has 0 amide bonds. The van der Waals surface area contributed by atoms with E-state index in [0.29, 0.717) is 19.8 Å². The minimum absolute atomic E-state index is 0.661. The van der Waals surface area contributed by atoms with Crippen LogP contribution >= 0.6 is 0 Å². The lowest BCUT2D eigenvalue weighted by atomic mass is 10.5. The van der Waals surface area contributed by atoms with Gasteiger partial charge in [-0.3, -0.25) is 0 Å². The van der Waals surface area contributed by atoms with Crippen molar-refractivity contribution in [3.8, 4) is 0 Å². The Labute approximate surface area is 101 Å². The highest BCUT2D eigenvalue weighted by Crippen LogP contribution is 2.18. The Morgan fingerprint density at radius 1 is 0.875 bits per heavy atom. The molecule has 0 atom stereocenters. The van der Waals surface area contributed by atoms with Crippen molar-refractivity contribution in [3.05, 3.63) is 0 Å². The van der Waals surface area contributed by atoms with Gasteiger partial charge in [-0.25, -0.2) is 0 Å². The lowest BCUT2D eigenvalue weighted by Gasteiger charge is -2.42. The van der Waals surface area contributed by atoms with Crippen LogP contribution in [0.4, 0.5) is 0 Å². The van der Waals surface area contributed by atoms with Gasteiger partial charge >= 0.3 is 0 Å². The smallest absolute Gasteiger partial charge is 0.281 e. The van der Waals surface area contributed by atoms with Gasteiger partial charge in [0.05, 0.1) is 0 Å². The maximum atomic E-state index is 5.77. The molecule has 0 spiro atoms. The predicted molar refractivity (Wildman–Crippen MR) is 68.6 cm³/mol. The first-order valence-electron chi connectivity index (χ1n) is 6.16. The summed E-state index contributed by atoms with van der Waals surface area (Å²) in [6.45, 7) is 9.00. The van der Waals surface area contributed by atoms with Crippen LogP contribution in [0.15, 0.2) is 0 Å². The summed E-state index contributed by atoms with van der Waals surface area (Å²) in [6.07, 6.45) is 1.05. The van der Waals surface area contributed by atoms with Gasteiger partial charge in [0.25, 0.3) is 8.80 Å². The summed E-state index contributed by atoms with van der Waals surface area (Å²) in [7, 11) is 1.76. The van der Waals surface area contributed by atoms with Crippen LogP contribution in [0.2, 0.25) is 6.04 Å². The highest BCUT2D eigenvalue weighted by molar-refractivity contribution is 6.60. The summed E-state index contributed by atoms with van der Waals surface area (Å²) < 4.78 is 17.3. The van der Waals surface area contributed by atoms with Crippen LogP contribution in [-0.2, 0) is 13.3 Å². The van der Waals surface area contributed by atoms with Gasteiger partial charge in [-0.15, -0.1) is 0 Å². The van der Waals surface area contributed by atoms with Gasteiger partial charge in [0, 0.05) is 19.8 Å². The molecule has 0 aromatic heterocycles. The lowest BCUT2D eigenvalue weighted by Crippen LogP contribution is -2.46. The van der Waals surface area contributed by atoms with Gasteiger partial charge in [0.15, 0.2) is 0 Å². The Morgan fingerprint density at radius 2 is 1.31 bits per heavy atom. The highest BCUT2D eigenvalue weighted by Gasteiger charge is 2.24. The van der Waals surface area contributed by atoms with E-state index in [1.807, 2.05) is 20.8 Å². The minimum atomic E-state index is -2.39. The summed E-state index contributed by atoms with van der Waals surface area (Å²) in [5.74, 6) is 0. The molecule has 0 heterocycles. The van der Waals surface area contributed by atoms with E-state index in [1.165, 1.54) is 0 Å². The number of hydrogen-bond donors (Lipinski definition) is 0. The summed E-state index contributed by atoms with van der Waals surface area (Å²) >= 11 is 0. The third-order valence-electron chi connectivity index (χ3n) is 2.18. The Kier molecular flexibility index (Phi) is 9.16. The molecule has 0 aliphatic rings. The van der Waals surface area contributed by atoms with Crippen LogP contribution in [0.3, 0.4) is 0 Å². The van der Waals surface area contributed by atoms with Crippen molar-refractivity contribution in [1.29, 1.82) is 0 Å². The molecule has 0 bridgehead atoms. The molecule has 0 saturated carbocycles. The number of nitrogens with zero attached hydrogens (tertiary/aromatic N) is 1. The summed E-state index contributed by atoms with van der Waals surface area (Å²) in [5.41, 5.74) is 0. The predicted octanol–water partition coefficient (Wildman–Crippen LogP) is 1.99. The molecular formula is C11H27NO3Si-. The molecule has 0 aliphatic heterocycles. The van der Waals surface area contributed by atoms with Crippen molar-refractivity contribution in [2.24, 2.45) is 0 Å². The average molecular weight is 249 g/mol. The Hall–Kier alpha value is 0.0569. The summed E-state index contributed by atoms with van der Waals surface area (Å²) in [4.78, 5) is 2.17. The van der Waals surface area contributed by atoms with E-state index < -0.39 is 8.80 Å². The van der Waals surface area contributed by atoms with Crippen molar-refractivity contribution in [3.63, 3.8) is 0 Å². The Balaban J connectivity index is 4.23. The molecule has 4 nitrogen and oxygen atoms in total. The fourth-order valence-corrected chi connectivity index (χ4v) is 4.21. The van der Waals surface area contributed by atoms with E-state index in [2.05, 4.69) is 19.0 Å². The Bertz CT molecular complexity index is 150. The monoisotopic (exact) mass is 249 g/mol. The van der Waals surface area contributed by atoms with Gasteiger partial charge < -0.3 is 18.2 Å². The van der Waals surface area contributed by atoms with Crippen LogP contribution < -0.4 is 0 Å². The molecule has 0 rings (SSSR count). The second-order valence-electron chi connectivity index (χ2n) is 3.89.